The molecule has 2 N–H and O–H groups in total. The number of carbonyl (C=O) groups excluding carboxylic acids is 2. The predicted molar refractivity (Wildman–Crippen MR) is 85.0 cm³/mol. The smallest absolute Gasteiger partial charge is 0.251 e. The molecule has 0 aliphatic rings. The molecule has 0 heterocycles. The van der Waals surface area contributed by atoms with Crippen LogP contribution in [0.5, 0.6) is 0 Å². The van der Waals surface area contributed by atoms with Gasteiger partial charge in [-0.1, -0.05) is 45.9 Å². The molecule has 1 unspecified atom stereocenters. The molecule has 4 heteroatoms. The molecule has 0 aliphatic heterocycles. The van der Waals surface area contributed by atoms with Crippen LogP contribution in [0.4, 0.5) is 0 Å². The van der Waals surface area contributed by atoms with Crippen LogP contribution in [0.3, 0.4) is 0 Å². The van der Waals surface area contributed by atoms with E-state index in [1.807, 2.05) is 45.9 Å². The average molecular weight is 290 g/mol. The number of hydrogen-bond donors (Lipinski definition) is 2. The van der Waals surface area contributed by atoms with Gasteiger partial charge in [-0.2, -0.15) is 0 Å². The van der Waals surface area contributed by atoms with E-state index in [0.717, 1.165) is 12.8 Å². The molecule has 1 aromatic rings. The van der Waals surface area contributed by atoms with Crippen LogP contribution in [0, 0.1) is 5.92 Å². The van der Waals surface area contributed by atoms with Gasteiger partial charge in [0.05, 0.1) is 0 Å². The van der Waals surface area contributed by atoms with E-state index >= 15 is 0 Å². The van der Waals surface area contributed by atoms with Gasteiger partial charge in [-0.25, -0.2) is 0 Å². The fraction of sp³-hybridized carbons (Fsp3) is 0.529. The summed E-state index contributed by atoms with van der Waals surface area (Å²) in [5, 5.41) is 5.84. The molecule has 0 aromatic heterocycles. The fourth-order valence-corrected chi connectivity index (χ4v) is 2.13. The lowest BCUT2D eigenvalue weighted by Gasteiger charge is -2.24. The van der Waals surface area contributed by atoms with E-state index in [4.69, 9.17) is 0 Å². The monoisotopic (exact) mass is 290 g/mol. The molecular formula is C17H26N2O2. The highest BCUT2D eigenvalue weighted by Gasteiger charge is 2.25. The van der Waals surface area contributed by atoms with Crippen molar-refractivity contribution in [3.8, 4) is 0 Å². The lowest BCUT2D eigenvalue weighted by molar-refractivity contribution is -0.124. The van der Waals surface area contributed by atoms with Crippen LogP contribution in [0.1, 0.15) is 50.9 Å². The maximum absolute atomic E-state index is 12.4. The highest BCUT2D eigenvalue weighted by atomic mass is 16.2. The lowest BCUT2D eigenvalue weighted by atomic mass is 10.0. The van der Waals surface area contributed by atoms with Gasteiger partial charge in [-0.05, 0) is 30.9 Å². The van der Waals surface area contributed by atoms with E-state index in [-0.39, 0.29) is 23.8 Å². The summed E-state index contributed by atoms with van der Waals surface area (Å²) in [6.45, 7) is 7.95. The third-order valence-corrected chi connectivity index (χ3v) is 3.60. The van der Waals surface area contributed by atoms with Crippen molar-refractivity contribution in [2.75, 3.05) is 0 Å². The van der Waals surface area contributed by atoms with Gasteiger partial charge in [0.1, 0.15) is 6.04 Å². The molecule has 0 saturated heterocycles. The van der Waals surface area contributed by atoms with Crippen molar-refractivity contribution in [2.24, 2.45) is 5.92 Å². The van der Waals surface area contributed by atoms with Gasteiger partial charge in [-0.3, -0.25) is 9.59 Å². The maximum Gasteiger partial charge on any atom is 0.251 e. The van der Waals surface area contributed by atoms with E-state index in [2.05, 4.69) is 10.6 Å². The van der Waals surface area contributed by atoms with Gasteiger partial charge in [-0.15, -0.1) is 0 Å². The number of rotatable bonds is 7. The van der Waals surface area contributed by atoms with Crippen molar-refractivity contribution in [1.82, 2.24) is 10.6 Å². The zero-order valence-electron chi connectivity index (χ0n) is 13.3. The summed E-state index contributed by atoms with van der Waals surface area (Å²) >= 11 is 0. The Labute approximate surface area is 127 Å². The first-order chi connectivity index (χ1) is 9.99. The summed E-state index contributed by atoms with van der Waals surface area (Å²) in [5.74, 6) is -0.288. The Morgan fingerprint density at radius 2 is 1.57 bits per heavy atom. The first-order valence-electron chi connectivity index (χ1n) is 7.65. The van der Waals surface area contributed by atoms with E-state index in [1.165, 1.54) is 0 Å². The predicted octanol–water partition coefficient (Wildman–Crippen LogP) is 2.75. The summed E-state index contributed by atoms with van der Waals surface area (Å²) in [4.78, 5) is 24.6. The maximum atomic E-state index is 12.4. The SMILES string of the molecule is CCC(CC)NC(=O)C(NC(=O)c1ccccc1)C(C)C. The summed E-state index contributed by atoms with van der Waals surface area (Å²) in [6, 6.07) is 8.60. The molecule has 0 spiro atoms. The van der Waals surface area contributed by atoms with Gasteiger partial charge >= 0.3 is 0 Å². The zero-order chi connectivity index (χ0) is 15.8. The van der Waals surface area contributed by atoms with Crippen LogP contribution in [-0.2, 0) is 4.79 Å². The molecule has 2 amide bonds. The molecule has 0 fully saturated rings. The Kier molecular flexibility index (Phi) is 6.92. The minimum Gasteiger partial charge on any atom is -0.352 e. The van der Waals surface area contributed by atoms with Gasteiger partial charge in [0.25, 0.3) is 5.91 Å². The largest absolute Gasteiger partial charge is 0.352 e. The average Bonchev–Trinajstić information content (AvgIpc) is 2.50. The third kappa shape index (κ3) is 5.21. The van der Waals surface area contributed by atoms with E-state index in [0.29, 0.717) is 5.56 Å². The molecule has 1 aromatic carbocycles. The van der Waals surface area contributed by atoms with Gasteiger partial charge in [0, 0.05) is 11.6 Å². The lowest BCUT2D eigenvalue weighted by Crippen LogP contribution is -2.51. The Balaban J connectivity index is 2.74. The molecule has 4 nitrogen and oxygen atoms in total. The second-order valence-electron chi connectivity index (χ2n) is 5.58. The molecule has 21 heavy (non-hydrogen) atoms. The van der Waals surface area contributed by atoms with E-state index < -0.39 is 6.04 Å². The Hall–Kier alpha value is -1.84. The number of hydrogen-bond acceptors (Lipinski definition) is 2. The van der Waals surface area contributed by atoms with Gasteiger partial charge in [0.15, 0.2) is 0 Å². The van der Waals surface area contributed by atoms with Crippen LogP contribution < -0.4 is 10.6 Å². The highest BCUT2D eigenvalue weighted by molar-refractivity contribution is 5.97. The summed E-state index contributed by atoms with van der Waals surface area (Å²) in [7, 11) is 0. The van der Waals surface area contributed by atoms with Crippen molar-refractivity contribution < 1.29 is 9.59 Å². The van der Waals surface area contributed by atoms with Crippen molar-refractivity contribution >= 4 is 11.8 Å². The van der Waals surface area contributed by atoms with Gasteiger partial charge in [0.2, 0.25) is 5.91 Å². The first kappa shape index (κ1) is 17.2. The van der Waals surface area contributed by atoms with E-state index in [1.54, 1.807) is 12.1 Å². The van der Waals surface area contributed by atoms with Gasteiger partial charge < -0.3 is 10.6 Å². The molecule has 0 radical (unpaired) electrons. The Morgan fingerprint density at radius 1 is 1.00 bits per heavy atom. The van der Waals surface area contributed by atoms with E-state index in [9.17, 15) is 9.59 Å². The molecule has 1 atom stereocenters. The van der Waals surface area contributed by atoms with Crippen LogP contribution in [0.15, 0.2) is 30.3 Å². The minimum absolute atomic E-state index is 0.0343. The number of benzene rings is 1. The standard InChI is InChI=1S/C17H26N2O2/c1-5-14(6-2)18-17(21)15(12(3)4)19-16(20)13-10-8-7-9-11-13/h7-12,14-15H,5-6H2,1-4H3,(H,18,21)(H,19,20). The van der Waals surface area contributed by atoms with Crippen molar-refractivity contribution in [2.45, 2.75) is 52.6 Å². The topological polar surface area (TPSA) is 58.2 Å². The zero-order valence-corrected chi connectivity index (χ0v) is 13.3. The van der Waals surface area contributed by atoms with Crippen LogP contribution >= 0.6 is 0 Å². The third-order valence-electron chi connectivity index (χ3n) is 3.60. The summed E-state index contributed by atoms with van der Waals surface area (Å²) in [6.07, 6.45) is 1.78. The first-order valence-corrected chi connectivity index (χ1v) is 7.65. The Bertz CT molecular complexity index is 453. The number of carbonyl (C=O) groups is 2. The number of amides is 2. The molecule has 0 saturated carbocycles. The van der Waals surface area contributed by atoms with Crippen molar-refractivity contribution in [3.63, 3.8) is 0 Å². The second kappa shape index (κ2) is 8.45. The molecule has 116 valence electrons. The van der Waals surface area contributed by atoms with Crippen LogP contribution in [0.2, 0.25) is 0 Å². The summed E-state index contributed by atoms with van der Waals surface area (Å²) < 4.78 is 0. The molecule has 0 bridgehead atoms. The molecule has 1 rings (SSSR count). The summed E-state index contributed by atoms with van der Waals surface area (Å²) in [5.41, 5.74) is 0.568. The van der Waals surface area contributed by atoms with Crippen molar-refractivity contribution in [1.29, 1.82) is 0 Å². The van der Waals surface area contributed by atoms with Crippen LogP contribution in [-0.4, -0.2) is 23.9 Å². The normalized spacial score (nSPS) is 12.3. The Morgan fingerprint density at radius 3 is 2.05 bits per heavy atom. The quantitative estimate of drug-likeness (QED) is 0.811. The molecule has 0 aliphatic carbocycles. The second-order valence-corrected chi connectivity index (χ2v) is 5.58. The van der Waals surface area contributed by atoms with Crippen molar-refractivity contribution in [3.05, 3.63) is 35.9 Å². The highest BCUT2D eigenvalue weighted by Crippen LogP contribution is 2.07. The number of nitrogens with one attached hydrogen (secondary N) is 2. The fourth-order valence-electron chi connectivity index (χ4n) is 2.13. The molecular weight excluding hydrogens is 264 g/mol. The minimum atomic E-state index is -0.515. The van der Waals surface area contributed by atoms with Crippen LogP contribution in [0.25, 0.3) is 0 Å².